The maximum Gasteiger partial charge on any atom is 0.376 e. The average molecular weight is 1040 g/mol. The van der Waals surface area contributed by atoms with Gasteiger partial charge in [0.25, 0.3) is 0 Å². The summed E-state index contributed by atoms with van der Waals surface area (Å²) in [5, 5.41) is 5.71. The van der Waals surface area contributed by atoms with E-state index in [0.717, 1.165) is 116 Å². The number of aryl methyl sites for hydroxylation is 1. The number of nitrogens with zero attached hydrogens (tertiary/aromatic N) is 2. The molecule has 15 rings (SSSR count). The van der Waals surface area contributed by atoms with Crippen LogP contribution in [0.1, 0.15) is 187 Å². The molecule has 3 aromatic heterocycles. The van der Waals surface area contributed by atoms with Crippen LogP contribution in [0.15, 0.2) is 116 Å². The number of anilines is 5. The highest BCUT2D eigenvalue weighted by atomic mass is 16.3. The van der Waals surface area contributed by atoms with Gasteiger partial charge in [0, 0.05) is 55.6 Å². The molecule has 0 atom stereocenters. The van der Waals surface area contributed by atoms with E-state index in [4.69, 9.17) is 13.3 Å². The van der Waals surface area contributed by atoms with Gasteiger partial charge in [-0.25, -0.2) is 0 Å². The van der Waals surface area contributed by atoms with E-state index in [0.29, 0.717) is 0 Å². The number of benzene rings is 7. The van der Waals surface area contributed by atoms with Crippen LogP contribution in [0.4, 0.5) is 28.4 Å². The lowest BCUT2D eigenvalue weighted by molar-refractivity contribution is 0.332. The SMILES string of the molecule is Cc1cc2c(cc1N1c3c(oc4cc5c(cc34)C(C)(C)CCC5(C)C)B3c4c(cc5c(oc6ccccc65)c41)-c1cc4c(cc1N3c1ccc(C(C)(C)C)cc1)oc1cc3c(cc14)C(C)(C)CCC3(C)C)C(C)(C)CCC2(C)C. The van der Waals surface area contributed by atoms with Crippen molar-refractivity contribution in [2.75, 3.05) is 9.71 Å². The van der Waals surface area contributed by atoms with Gasteiger partial charge in [0.2, 0.25) is 0 Å². The van der Waals surface area contributed by atoms with Crippen molar-refractivity contribution in [1.29, 1.82) is 0 Å². The predicted molar refractivity (Wildman–Crippen MR) is 334 cm³/mol. The molecule has 0 unspecified atom stereocenters. The number of furan rings is 3. The third-order valence-corrected chi connectivity index (χ3v) is 21.1. The van der Waals surface area contributed by atoms with E-state index in [2.05, 4.69) is 224 Å². The number of hydrogen-bond donors (Lipinski definition) is 0. The van der Waals surface area contributed by atoms with Gasteiger partial charge in [-0.3, -0.25) is 0 Å². The van der Waals surface area contributed by atoms with E-state index in [9.17, 15) is 0 Å². The Bertz CT molecular complexity index is 4330. The minimum absolute atomic E-state index is 0.0105. The monoisotopic (exact) mass is 1040 g/mol. The molecule has 0 radical (unpaired) electrons. The highest BCUT2D eigenvalue weighted by Gasteiger charge is 2.52. The Kier molecular flexibility index (Phi) is 9.64. The summed E-state index contributed by atoms with van der Waals surface area (Å²) in [6.07, 6.45) is 6.81. The molecule has 0 saturated carbocycles. The maximum absolute atomic E-state index is 7.86. The van der Waals surface area contributed by atoms with Gasteiger partial charge in [-0.2, -0.15) is 0 Å². The van der Waals surface area contributed by atoms with Gasteiger partial charge >= 0.3 is 6.85 Å². The minimum atomic E-state index is -0.378. The first-order valence-corrected chi connectivity index (χ1v) is 29.6. The van der Waals surface area contributed by atoms with Crippen LogP contribution in [0, 0.1) is 6.92 Å². The highest BCUT2D eigenvalue weighted by molar-refractivity contribution is 6.93. The lowest BCUT2D eigenvalue weighted by Crippen LogP contribution is -2.61. The lowest BCUT2D eigenvalue weighted by atomic mass is 9.45. The molecule has 7 aromatic carbocycles. The molecule has 400 valence electrons. The fourth-order valence-corrected chi connectivity index (χ4v) is 15.7. The van der Waals surface area contributed by atoms with Gasteiger partial charge in [0.15, 0.2) is 5.58 Å². The topological polar surface area (TPSA) is 45.9 Å². The van der Waals surface area contributed by atoms with Crippen molar-refractivity contribution in [2.45, 2.75) is 187 Å². The average Bonchev–Trinajstić information content (AvgIpc) is 3.00. The molecule has 0 fully saturated rings. The van der Waals surface area contributed by atoms with Gasteiger partial charge in [-0.05, 0) is 200 Å². The third-order valence-electron chi connectivity index (χ3n) is 21.1. The minimum Gasteiger partial charge on any atom is -0.466 e. The van der Waals surface area contributed by atoms with E-state index >= 15 is 0 Å². The molecule has 6 heteroatoms. The van der Waals surface area contributed by atoms with Gasteiger partial charge in [0.1, 0.15) is 28.0 Å². The molecule has 0 spiro atoms. The molecule has 5 nitrogen and oxygen atoms in total. The molecule has 0 N–H and O–H groups in total. The standard InChI is InChI=1S/C73H77BN2O3/c1-40-31-50-53(71(11,12)28-25-68(50,5)6)36-56(40)75-63-49-35-52-55(73(15,16)30-27-70(52,9)10)38-60(49)79-66(63)74-62-47(33-48-43-19-17-18-20-58(43)78-65(48)64(62)75)44-32-45-46-34-51-54(72(13,14)29-26-69(51,7)8)37-59(46)77-61(45)39-57(44)76(74)42-23-21-41(22-24-42)67(2,3)4/h17-24,31-39H,25-30H2,1-16H3. The zero-order valence-electron chi connectivity index (χ0n) is 49.8. The summed E-state index contributed by atoms with van der Waals surface area (Å²) in [4.78, 5) is 5.24. The summed E-state index contributed by atoms with van der Waals surface area (Å²) in [5.41, 5.74) is 25.8. The summed E-state index contributed by atoms with van der Waals surface area (Å²) in [6, 6.07) is 40.4. The second kappa shape index (κ2) is 15.4. The Morgan fingerprint density at radius 1 is 0.430 bits per heavy atom. The Morgan fingerprint density at radius 2 is 0.924 bits per heavy atom. The highest BCUT2D eigenvalue weighted by Crippen LogP contribution is 2.58. The normalized spacial score (nSPS) is 19.9. The van der Waals surface area contributed by atoms with Crippen molar-refractivity contribution in [3.05, 3.63) is 148 Å². The van der Waals surface area contributed by atoms with Crippen molar-refractivity contribution in [2.24, 2.45) is 0 Å². The maximum atomic E-state index is 7.86. The number of hydrogen-bond acceptors (Lipinski definition) is 5. The molecule has 10 aromatic rings. The zero-order chi connectivity index (χ0) is 55.2. The van der Waals surface area contributed by atoms with Crippen molar-refractivity contribution in [3.63, 3.8) is 0 Å². The van der Waals surface area contributed by atoms with Crippen LogP contribution in [0.5, 0.6) is 0 Å². The number of rotatable bonds is 2. The Balaban J connectivity index is 1.13. The molecular weight excluding hydrogens is 964 g/mol. The van der Waals surface area contributed by atoms with E-state index in [1.54, 1.807) is 0 Å². The molecule has 0 saturated heterocycles. The summed E-state index contributed by atoms with van der Waals surface area (Å²) < 4.78 is 22.5. The van der Waals surface area contributed by atoms with Crippen molar-refractivity contribution in [3.8, 4) is 11.1 Å². The van der Waals surface area contributed by atoms with Crippen molar-refractivity contribution < 1.29 is 13.3 Å². The van der Waals surface area contributed by atoms with Crippen LogP contribution in [0.25, 0.3) is 66.0 Å². The molecule has 0 bridgehead atoms. The molecule has 5 heterocycles. The van der Waals surface area contributed by atoms with Gasteiger partial charge < -0.3 is 23.0 Å². The molecule has 5 aliphatic rings. The summed E-state index contributed by atoms with van der Waals surface area (Å²) in [6.45, 7) is 38.1. The first-order valence-electron chi connectivity index (χ1n) is 29.6. The van der Waals surface area contributed by atoms with E-state index < -0.39 is 0 Å². The van der Waals surface area contributed by atoms with Crippen molar-refractivity contribution >= 4 is 101 Å². The number of fused-ring (bicyclic) bond motifs is 16. The summed E-state index contributed by atoms with van der Waals surface area (Å²) in [7, 11) is 0. The first-order chi connectivity index (χ1) is 37.1. The fraction of sp³-hybridized carbons (Fsp3) is 0.397. The van der Waals surface area contributed by atoms with E-state index in [1.165, 1.54) is 72.2 Å². The Hall–Kier alpha value is -6.66. The number of para-hydroxylation sites is 1. The van der Waals surface area contributed by atoms with Crippen LogP contribution < -0.4 is 20.8 Å². The quantitative estimate of drug-likeness (QED) is 0.161. The predicted octanol–water partition coefficient (Wildman–Crippen LogP) is 19.6. The van der Waals surface area contributed by atoms with Gasteiger partial charge in [-0.1, -0.05) is 140 Å². The summed E-state index contributed by atoms with van der Waals surface area (Å²) >= 11 is 0. The van der Waals surface area contributed by atoms with E-state index in [-0.39, 0.29) is 44.8 Å². The van der Waals surface area contributed by atoms with Crippen LogP contribution in [0.2, 0.25) is 0 Å². The summed E-state index contributed by atoms with van der Waals surface area (Å²) in [5.74, 6) is 0. The van der Waals surface area contributed by atoms with Gasteiger partial charge in [0.05, 0.1) is 11.4 Å². The second-order valence-corrected chi connectivity index (χ2v) is 30.1. The molecule has 2 aliphatic heterocycles. The van der Waals surface area contributed by atoms with Crippen LogP contribution in [-0.2, 0) is 37.9 Å². The van der Waals surface area contributed by atoms with Gasteiger partial charge in [-0.15, -0.1) is 0 Å². The first kappa shape index (κ1) is 49.4. The smallest absolute Gasteiger partial charge is 0.376 e. The fourth-order valence-electron chi connectivity index (χ4n) is 15.7. The third kappa shape index (κ3) is 6.76. The van der Waals surface area contributed by atoms with Crippen LogP contribution in [0.3, 0.4) is 0 Å². The Morgan fingerprint density at radius 3 is 1.52 bits per heavy atom. The molecule has 3 aliphatic carbocycles. The van der Waals surface area contributed by atoms with Crippen molar-refractivity contribution in [1.82, 2.24) is 0 Å². The largest absolute Gasteiger partial charge is 0.466 e. The molecular formula is C73H77BN2O3. The lowest BCUT2D eigenvalue weighted by Gasteiger charge is -2.45. The Labute approximate surface area is 467 Å². The zero-order valence-corrected chi connectivity index (χ0v) is 49.8. The molecule has 0 amide bonds. The second-order valence-electron chi connectivity index (χ2n) is 30.1. The van der Waals surface area contributed by atoms with E-state index in [1.807, 2.05) is 0 Å². The molecule has 79 heavy (non-hydrogen) atoms. The van der Waals surface area contributed by atoms with Crippen LogP contribution in [-0.4, -0.2) is 6.85 Å². The van der Waals surface area contributed by atoms with Crippen LogP contribution >= 0.6 is 0 Å².